The summed E-state index contributed by atoms with van der Waals surface area (Å²) in [5, 5.41) is 3.73. The summed E-state index contributed by atoms with van der Waals surface area (Å²) in [5.74, 6) is 0.815. The third-order valence-corrected chi connectivity index (χ3v) is 4.01. The Kier molecular flexibility index (Phi) is 4.15. The first-order valence-corrected chi connectivity index (χ1v) is 7.56. The third kappa shape index (κ3) is 2.99. The lowest BCUT2D eigenvalue weighted by atomic mass is 10.2. The highest BCUT2D eigenvalue weighted by molar-refractivity contribution is 9.10. The summed E-state index contributed by atoms with van der Waals surface area (Å²) >= 11 is 3.45. The molecule has 0 radical (unpaired) electrons. The van der Waals surface area contributed by atoms with E-state index in [1.54, 1.807) is 13.2 Å². The highest BCUT2D eigenvalue weighted by atomic mass is 79.9. The average Bonchev–Trinajstić information content (AvgIpc) is 2.98. The molecule has 0 saturated carbocycles. The van der Waals surface area contributed by atoms with Crippen molar-refractivity contribution in [3.63, 3.8) is 0 Å². The molecule has 0 atom stereocenters. The van der Waals surface area contributed by atoms with Crippen LogP contribution < -0.4 is 10.1 Å². The first-order valence-electron chi connectivity index (χ1n) is 6.76. The number of rotatable bonds is 4. The molecule has 0 spiro atoms. The van der Waals surface area contributed by atoms with E-state index in [1.165, 1.54) is 0 Å². The fourth-order valence-electron chi connectivity index (χ4n) is 2.19. The van der Waals surface area contributed by atoms with E-state index in [0.717, 1.165) is 21.2 Å². The Labute approximate surface area is 136 Å². The first-order chi connectivity index (χ1) is 10.7. The van der Waals surface area contributed by atoms with Crippen LogP contribution in [0.1, 0.15) is 16.1 Å². The molecule has 0 saturated heterocycles. The largest absolute Gasteiger partial charge is 0.497 e. The fourth-order valence-corrected chi connectivity index (χ4v) is 2.65. The van der Waals surface area contributed by atoms with Crippen LogP contribution in [0, 0.1) is 0 Å². The second kappa shape index (κ2) is 6.23. The molecule has 1 heterocycles. The minimum absolute atomic E-state index is 0.245. The van der Waals surface area contributed by atoms with Crippen molar-refractivity contribution in [3.8, 4) is 5.75 Å². The van der Waals surface area contributed by atoms with Crippen LogP contribution in [0.2, 0.25) is 0 Å². The van der Waals surface area contributed by atoms with Gasteiger partial charge in [-0.05, 0) is 35.9 Å². The molecule has 0 bridgehead atoms. The summed E-state index contributed by atoms with van der Waals surface area (Å²) in [6, 6.07) is 14.9. The van der Waals surface area contributed by atoms with Crippen molar-refractivity contribution < 1.29 is 13.9 Å². The maximum atomic E-state index is 12.2. The highest BCUT2D eigenvalue weighted by Gasteiger charge is 2.13. The van der Waals surface area contributed by atoms with Gasteiger partial charge in [-0.3, -0.25) is 4.79 Å². The Morgan fingerprint density at radius 3 is 2.82 bits per heavy atom. The number of hydrogen-bond acceptors (Lipinski definition) is 3. The maximum Gasteiger partial charge on any atom is 0.287 e. The van der Waals surface area contributed by atoms with E-state index in [0.29, 0.717) is 17.9 Å². The standard InChI is InChI=1S/C17H14BrNO3/c1-21-12-5-2-4-11(8-12)10-19-17(20)16-9-13-14(18)6-3-7-15(13)22-16/h2-9H,10H2,1H3,(H,19,20). The van der Waals surface area contributed by atoms with Gasteiger partial charge in [0, 0.05) is 16.4 Å². The van der Waals surface area contributed by atoms with Crippen LogP contribution in [0.5, 0.6) is 5.75 Å². The van der Waals surface area contributed by atoms with E-state index in [2.05, 4.69) is 21.2 Å². The number of carbonyl (C=O) groups excluding carboxylic acids is 1. The Morgan fingerprint density at radius 1 is 1.23 bits per heavy atom. The third-order valence-electron chi connectivity index (χ3n) is 3.32. The number of furan rings is 1. The topological polar surface area (TPSA) is 51.5 Å². The summed E-state index contributed by atoms with van der Waals surface area (Å²) in [7, 11) is 1.62. The smallest absolute Gasteiger partial charge is 0.287 e. The van der Waals surface area contributed by atoms with Crippen LogP contribution in [0.25, 0.3) is 11.0 Å². The highest BCUT2D eigenvalue weighted by Crippen LogP contribution is 2.26. The van der Waals surface area contributed by atoms with Gasteiger partial charge in [0.25, 0.3) is 5.91 Å². The SMILES string of the molecule is COc1cccc(CNC(=O)c2cc3c(Br)cccc3o2)c1. The minimum Gasteiger partial charge on any atom is -0.497 e. The number of fused-ring (bicyclic) bond motifs is 1. The summed E-state index contributed by atoms with van der Waals surface area (Å²) in [6.07, 6.45) is 0. The summed E-state index contributed by atoms with van der Waals surface area (Å²) in [6.45, 7) is 0.411. The monoisotopic (exact) mass is 359 g/mol. The van der Waals surface area contributed by atoms with Crippen molar-refractivity contribution in [1.82, 2.24) is 5.32 Å². The van der Waals surface area contributed by atoms with Crippen molar-refractivity contribution in [2.45, 2.75) is 6.54 Å². The number of ether oxygens (including phenoxy) is 1. The molecule has 5 heteroatoms. The number of benzene rings is 2. The van der Waals surface area contributed by atoms with Gasteiger partial charge in [-0.2, -0.15) is 0 Å². The van der Waals surface area contributed by atoms with Gasteiger partial charge in [0.15, 0.2) is 5.76 Å². The zero-order valence-electron chi connectivity index (χ0n) is 11.9. The quantitative estimate of drug-likeness (QED) is 0.761. The van der Waals surface area contributed by atoms with Crippen LogP contribution in [0.4, 0.5) is 0 Å². The summed E-state index contributed by atoms with van der Waals surface area (Å²) in [4.78, 5) is 12.2. The van der Waals surface area contributed by atoms with E-state index in [1.807, 2.05) is 42.5 Å². The van der Waals surface area contributed by atoms with Crippen molar-refractivity contribution in [2.24, 2.45) is 0 Å². The lowest BCUT2D eigenvalue weighted by Gasteiger charge is -2.05. The number of nitrogens with one attached hydrogen (secondary N) is 1. The van der Waals surface area contributed by atoms with Crippen LogP contribution in [-0.2, 0) is 6.54 Å². The predicted octanol–water partition coefficient (Wildman–Crippen LogP) is 4.13. The molecule has 1 aromatic heterocycles. The Morgan fingerprint density at radius 2 is 2.05 bits per heavy atom. The number of methoxy groups -OCH3 is 1. The van der Waals surface area contributed by atoms with Crippen LogP contribution in [0.3, 0.4) is 0 Å². The lowest BCUT2D eigenvalue weighted by molar-refractivity contribution is 0.0925. The van der Waals surface area contributed by atoms with E-state index in [-0.39, 0.29) is 5.91 Å². The van der Waals surface area contributed by atoms with Crippen LogP contribution in [0.15, 0.2) is 57.4 Å². The average molecular weight is 360 g/mol. The zero-order chi connectivity index (χ0) is 15.5. The zero-order valence-corrected chi connectivity index (χ0v) is 13.5. The summed E-state index contributed by atoms with van der Waals surface area (Å²) < 4.78 is 11.6. The second-order valence-corrected chi connectivity index (χ2v) is 5.65. The molecule has 0 aliphatic carbocycles. The molecule has 0 aliphatic rings. The minimum atomic E-state index is -0.245. The van der Waals surface area contributed by atoms with Gasteiger partial charge >= 0.3 is 0 Å². The number of amides is 1. The van der Waals surface area contributed by atoms with Crippen LogP contribution >= 0.6 is 15.9 Å². The Bertz CT molecular complexity index is 826. The lowest BCUT2D eigenvalue weighted by Crippen LogP contribution is -2.22. The predicted molar refractivity (Wildman–Crippen MR) is 88.1 cm³/mol. The van der Waals surface area contributed by atoms with E-state index in [9.17, 15) is 4.79 Å². The fraction of sp³-hybridized carbons (Fsp3) is 0.118. The molecule has 0 unspecified atom stereocenters. The van der Waals surface area contributed by atoms with Gasteiger partial charge in [-0.25, -0.2) is 0 Å². The van der Waals surface area contributed by atoms with Gasteiger partial charge in [0.2, 0.25) is 0 Å². The number of carbonyl (C=O) groups is 1. The van der Waals surface area contributed by atoms with Crippen molar-refractivity contribution in [2.75, 3.05) is 7.11 Å². The van der Waals surface area contributed by atoms with E-state index >= 15 is 0 Å². The molecule has 3 rings (SSSR count). The maximum absolute atomic E-state index is 12.2. The van der Waals surface area contributed by atoms with Gasteiger partial charge in [0.1, 0.15) is 11.3 Å². The van der Waals surface area contributed by atoms with Crippen molar-refractivity contribution in [3.05, 3.63) is 64.3 Å². The normalized spacial score (nSPS) is 10.6. The molecule has 2 aromatic carbocycles. The molecular weight excluding hydrogens is 346 g/mol. The summed E-state index contributed by atoms with van der Waals surface area (Å²) in [5.41, 5.74) is 1.64. The van der Waals surface area contributed by atoms with E-state index in [4.69, 9.17) is 9.15 Å². The molecule has 0 aliphatic heterocycles. The van der Waals surface area contributed by atoms with Gasteiger partial charge in [0.05, 0.1) is 7.11 Å². The molecular formula is C17H14BrNO3. The molecule has 1 N–H and O–H groups in total. The molecule has 4 nitrogen and oxygen atoms in total. The van der Waals surface area contributed by atoms with Gasteiger partial charge in [-0.15, -0.1) is 0 Å². The Hall–Kier alpha value is -2.27. The molecule has 112 valence electrons. The van der Waals surface area contributed by atoms with Gasteiger partial charge < -0.3 is 14.5 Å². The molecule has 1 amide bonds. The number of halogens is 1. The molecule has 0 fully saturated rings. The second-order valence-electron chi connectivity index (χ2n) is 4.80. The number of hydrogen-bond donors (Lipinski definition) is 1. The first kappa shape index (κ1) is 14.7. The van der Waals surface area contributed by atoms with E-state index < -0.39 is 0 Å². The van der Waals surface area contributed by atoms with Crippen molar-refractivity contribution >= 4 is 32.8 Å². The Balaban J connectivity index is 1.74. The molecule has 3 aromatic rings. The van der Waals surface area contributed by atoms with Gasteiger partial charge in [-0.1, -0.05) is 34.1 Å². The van der Waals surface area contributed by atoms with Crippen LogP contribution in [-0.4, -0.2) is 13.0 Å². The molecule has 22 heavy (non-hydrogen) atoms. The van der Waals surface area contributed by atoms with Crippen molar-refractivity contribution in [1.29, 1.82) is 0 Å².